The molecule has 0 spiro atoms. The van der Waals surface area contributed by atoms with Gasteiger partial charge in [-0.15, -0.1) is 12.4 Å². The molecule has 31 heavy (non-hydrogen) atoms. The Balaban J connectivity index is 0.00000231. The van der Waals surface area contributed by atoms with Gasteiger partial charge in [-0.1, -0.05) is 19.1 Å². The first-order valence-electron chi connectivity index (χ1n) is 9.88. The number of aryl methyl sites for hydroxylation is 1. The number of nitrogens with one attached hydrogen (secondary N) is 3. The minimum atomic E-state index is -0.872. The molecule has 0 saturated heterocycles. The Hall–Kier alpha value is -3.36. The molecule has 5 N–H and O–H groups in total. The summed E-state index contributed by atoms with van der Waals surface area (Å²) >= 11 is 0. The van der Waals surface area contributed by atoms with Gasteiger partial charge in [-0.25, -0.2) is 4.98 Å². The maximum atomic E-state index is 11.3. The van der Waals surface area contributed by atoms with Crippen LogP contribution >= 0.6 is 12.4 Å². The minimum absolute atomic E-state index is 0. The summed E-state index contributed by atoms with van der Waals surface area (Å²) in [6, 6.07) is 10.9. The van der Waals surface area contributed by atoms with Crippen LogP contribution in [0, 0.1) is 0 Å². The summed E-state index contributed by atoms with van der Waals surface area (Å²) in [7, 11) is 0. The van der Waals surface area contributed by atoms with Crippen molar-refractivity contribution in [2.75, 3.05) is 0 Å². The summed E-state index contributed by atoms with van der Waals surface area (Å²) in [5.74, 6) is 0.0243. The molecule has 8 nitrogen and oxygen atoms in total. The van der Waals surface area contributed by atoms with E-state index >= 15 is 0 Å². The van der Waals surface area contributed by atoms with Gasteiger partial charge < -0.3 is 15.2 Å². The van der Waals surface area contributed by atoms with Gasteiger partial charge in [0.15, 0.2) is 5.82 Å². The van der Waals surface area contributed by atoms with Crippen molar-refractivity contribution < 1.29 is 15.0 Å². The molecule has 2 aromatic heterocycles. The maximum Gasteiger partial charge on any atom is 0.321 e. The van der Waals surface area contributed by atoms with E-state index in [1.165, 1.54) is 0 Å². The third-order valence-electron chi connectivity index (χ3n) is 5.65. The number of aromatic amines is 2. The van der Waals surface area contributed by atoms with Gasteiger partial charge in [-0.05, 0) is 47.4 Å². The SMILES string of the molecule is CCc1cc(O)ccc1-c1ccc2c(-c3nc4c([nH]3)CN[C@H](C(=O)O)C4)n[nH]c2c1.Cl. The number of H-pyrrole nitrogens is 2. The zero-order valence-electron chi connectivity index (χ0n) is 16.8. The van der Waals surface area contributed by atoms with Crippen LogP contribution < -0.4 is 5.32 Å². The summed E-state index contributed by atoms with van der Waals surface area (Å²) in [6.45, 7) is 2.50. The number of halogens is 1. The molecule has 0 bridgehead atoms. The lowest BCUT2D eigenvalue weighted by molar-refractivity contribution is -0.139. The predicted molar refractivity (Wildman–Crippen MR) is 119 cm³/mol. The summed E-state index contributed by atoms with van der Waals surface area (Å²) in [6.07, 6.45) is 1.16. The van der Waals surface area contributed by atoms with E-state index in [-0.39, 0.29) is 18.2 Å². The Labute approximate surface area is 184 Å². The highest BCUT2D eigenvalue weighted by molar-refractivity contribution is 5.94. The van der Waals surface area contributed by atoms with E-state index in [0.29, 0.717) is 24.5 Å². The summed E-state index contributed by atoms with van der Waals surface area (Å²) in [5, 5.41) is 30.5. The topological polar surface area (TPSA) is 127 Å². The normalized spacial score (nSPS) is 15.5. The average Bonchev–Trinajstić information content (AvgIpc) is 3.36. The van der Waals surface area contributed by atoms with E-state index in [4.69, 9.17) is 0 Å². The van der Waals surface area contributed by atoms with Crippen LogP contribution in [0.3, 0.4) is 0 Å². The third-order valence-corrected chi connectivity index (χ3v) is 5.65. The lowest BCUT2D eigenvalue weighted by Gasteiger charge is -2.18. The monoisotopic (exact) mass is 439 g/mol. The average molecular weight is 440 g/mol. The Bertz CT molecular complexity index is 1280. The molecular weight excluding hydrogens is 418 g/mol. The quantitative estimate of drug-likeness (QED) is 0.331. The van der Waals surface area contributed by atoms with Crippen LogP contribution in [0.1, 0.15) is 23.9 Å². The zero-order valence-corrected chi connectivity index (χ0v) is 17.6. The largest absolute Gasteiger partial charge is 0.508 e. The second-order valence-corrected chi connectivity index (χ2v) is 7.51. The molecule has 0 saturated carbocycles. The molecule has 0 unspecified atom stereocenters. The van der Waals surface area contributed by atoms with Crippen molar-refractivity contribution in [2.45, 2.75) is 32.4 Å². The zero-order chi connectivity index (χ0) is 20.8. The summed E-state index contributed by atoms with van der Waals surface area (Å²) < 4.78 is 0. The number of imidazole rings is 1. The number of nitrogens with zero attached hydrogens (tertiary/aromatic N) is 2. The van der Waals surface area contributed by atoms with Crippen molar-refractivity contribution in [3.8, 4) is 28.4 Å². The Morgan fingerprint density at radius 2 is 2.06 bits per heavy atom. The highest BCUT2D eigenvalue weighted by Gasteiger charge is 2.27. The molecule has 3 heterocycles. The fraction of sp³-hybridized carbons (Fsp3) is 0.227. The standard InChI is InChI=1S/C22H21N5O3.ClH/c1-2-11-7-13(28)4-6-14(11)12-3-5-15-16(8-12)26-27-20(15)21-24-17-9-18(22(29)30)23-10-19(17)25-21;/h3-8,18,23,28H,2,9-10H2,1H3,(H,24,25)(H,26,27)(H,29,30);1H/t18-;/m0./s1. The van der Waals surface area contributed by atoms with E-state index in [1.807, 2.05) is 24.3 Å². The Morgan fingerprint density at radius 1 is 1.23 bits per heavy atom. The Kier molecular flexibility index (Phi) is 5.43. The molecule has 0 aliphatic carbocycles. The minimum Gasteiger partial charge on any atom is -0.508 e. The van der Waals surface area contributed by atoms with Gasteiger partial charge in [0.2, 0.25) is 0 Å². The molecule has 160 valence electrons. The van der Waals surface area contributed by atoms with Crippen molar-refractivity contribution in [1.82, 2.24) is 25.5 Å². The lowest BCUT2D eigenvalue weighted by atomic mass is 9.97. The van der Waals surface area contributed by atoms with Gasteiger partial charge in [0.25, 0.3) is 0 Å². The first-order chi connectivity index (χ1) is 14.5. The highest BCUT2D eigenvalue weighted by Crippen LogP contribution is 2.32. The number of fused-ring (bicyclic) bond motifs is 2. The number of aromatic hydroxyl groups is 1. The maximum absolute atomic E-state index is 11.3. The molecule has 0 fully saturated rings. The highest BCUT2D eigenvalue weighted by atomic mass is 35.5. The van der Waals surface area contributed by atoms with Crippen molar-refractivity contribution in [3.63, 3.8) is 0 Å². The van der Waals surface area contributed by atoms with E-state index in [9.17, 15) is 15.0 Å². The molecular formula is C22H22ClN5O3. The second-order valence-electron chi connectivity index (χ2n) is 7.51. The van der Waals surface area contributed by atoms with E-state index in [0.717, 1.165) is 45.4 Å². The predicted octanol–water partition coefficient (Wildman–Crippen LogP) is 3.41. The number of aliphatic carboxylic acids is 1. The van der Waals surface area contributed by atoms with Gasteiger partial charge in [0, 0.05) is 18.4 Å². The van der Waals surface area contributed by atoms with Crippen molar-refractivity contribution in [3.05, 3.63) is 53.3 Å². The third kappa shape index (κ3) is 3.64. The second kappa shape index (κ2) is 8.05. The molecule has 9 heteroatoms. The van der Waals surface area contributed by atoms with Crippen LogP contribution in [0.4, 0.5) is 0 Å². The van der Waals surface area contributed by atoms with Crippen LogP contribution in [0.2, 0.25) is 0 Å². The fourth-order valence-corrected chi connectivity index (χ4v) is 4.06. The van der Waals surface area contributed by atoms with E-state index in [2.05, 4.69) is 32.4 Å². The number of phenolic OH excluding ortho intramolecular Hbond substituents is 1. The molecule has 0 radical (unpaired) electrons. The van der Waals surface area contributed by atoms with Crippen molar-refractivity contribution >= 4 is 29.3 Å². The summed E-state index contributed by atoms with van der Waals surface area (Å²) in [4.78, 5) is 19.2. The number of benzene rings is 2. The molecule has 4 aromatic rings. The number of carbonyl (C=O) groups is 1. The molecule has 1 atom stereocenters. The number of hydrogen-bond acceptors (Lipinski definition) is 5. The van der Waals surface area contributed by atoms with Gasteiger partial charge in [0.05, 0.1) is 16.9 Å². The van der Waals surface area contributed by atoms with Gasteiger partial charge in [-0.3, -0.25) is 15.2 Å². The fourth-order valence-electron chi connectivity index (χ4n) is 4.06. The Morgan fingerprint density at radius 3 is 2.84 bits per heavy atom. The molecule has 2 aromatic carbocycles. The van der Waals surface area contributed by atoms with E-state index < -0.39 is 12.0 Å². The van der Waals surface area contributed by atoms with Crippen LogP contribution in [0.15, 0.2) is 36.4 Å². The van der Waals surface area contributed by atoms with E-state index in [1.54, 1.807) is 12.1 Å². The lowest BCUT2D eigenvalue weighted by Crippen LogP contribution is -2.41. The first-order valence-corrected chi connectivity index (χ1v) is 9.88. The number of carboxylic acid groups (broad SMARTS) is 1. The van der Waals surface area contributed by atoms with Crippen molar-refractivity contribution in [2.24, 2.45) is 0 Å². The van der Waals surface area contributed by atoms with Crippen molar-refractivity contribution in [1.29, 1.82) is 0 Å². The molecule has 5 rings (SSSR count). The number of rotatable bonds is 4. The van der Waals surface area contributed by atoms with Crippen LogP contribution in [-0.4, -0.2) is 42.4 Å². The van der Waals surface area contributed by atoms with Crippen LogP contribution in [0.25, 0.3) is 33.5 Å². The molecule has 1 aliphatic rings. The number of phenols is 1. The van der Waals surface area contributed by atoms with Gasteiger partial charge in [-0.2, -0.15) is 5.10 Å². The van der Waals surface area contributed by atoms with Gasteiger partial charge in [0.1, 0.15) is 17.5 Å². The summed E-state index contributed by atoms with van der Waals surface area (Å²) in [5.41, 5.74) is 6.45. The van der Waals surface area contributed by atoms with Crippen LogP contribution in [0.5, 0.6) is 5.75 Å². The number of carboxylic acids is 1. The smallest absolute Gasteiger partial charge is 0.321 e. The first kappa shape index (κ1) is 20.9. The number of hydrogen-bond donors (Lipinski definition) is 5. The van der Waals surface area contributed by atoms with Gasteiger partial charge >= 0.3 is 5.97 Å². The number of aromatic nitrogens is 4. The van der Waals surface area contributed by atoms with Crippen LogP contribution in [-0.2, 0) is 24.2 Å². The molecule has 0 amide bonds. The molecule has 1 aliphatic heterocycles.